The van der Waals surface area contributed by atoms with E-state index in [1.165, 1.54) is 4.88 Å². The van der Waals surface area contributed by atoms with Crippen molar-refractivity contribution in [3.8, 4) is 0 Å². The highest BCUT2D eigenvalue weighted by atomic mass is 32.1. The van der Waals surface area contributed by atoms with Gasteiger partial charge in [-0.3, -0.25) is 4.79 Å². The summed E-state index contributed by atoms with van der Waals surface area (Å²) >= 11 is 1.73. The van der Waals surface area contributed by atoms with Crippen molar-refractivity contribution in [3.05, 3.63) is 16.1 Å². The Morgan fingerprint density at radius 1 is 1.56 bits per heavy atom. The van der Waals surface area contributed by atoms with E-state index < -0.39 is 5.97 Å². The molecule has 5 heteroatoms. The Hall–Kier alpha value is -0.940. The third kappa shape index (κ3) is 5.23. The molecule has 0 aliphatic heterocycles. The number of rotatable bonds is 7. The Morgan fingerprint density at radius 3 is 2.88 bits per heavy atom. The molecule has 1 heterocycles. The molecule has 0 amide bonds. The molecule has 90 valence electrons. The second kappa shape index (κ2) is 6.60. The first kappa shape index (κ1) is 13.1. The molecule has 0 bridgehead atoms. The molecule has 0 fully saturated rings. The van der Waals surface area contributed by atoms with Crippen LogP contribution in [-0.4, -0.2) is 41.1 Å². The number of hydrogen-bond donors (Lipinski definition) is 1. The normalized spacial score (nSPS) is 10.9. The summed E-state index contributed by atoms with van der Waals surface area (Å²) in [4.78, 5) is 18.0. The summed E-state index contributed by atoms with van der Waals surface area (Å²) in [6.07, 6.45) is 3.80. The average molecular weight is 242 g/mol. The standard InChI is InChI=1S/C11H18N2O2S/c1-9-8-12-10(16-9)5-7-13(2)6-3-4-11(14)15/h8H,3-7H2,1-2H3,(H,14,15). The highest BCUT2D eigenvalue weighted by Crippen LogP contribution is 2.11. The van der Waals surface area contributed by atoms with E-state index in [2.05, 4.69) is 16.8 Å². The van der Waals surface area contributed by atoms with Gasteiger partial charge in [0.05, 0.1) is 5.01 Å². The Bertz CT molecular complexity index is 338. The van der Waals surface area contributed by atoms with E-state index in [1.807, 2.05) is 13.2 Å². The second-order valence-electron chi connectivity index (χ2n) is 3.92. The van der Waals surface area contributed by atoms with Gasteiger partial charge in [-0.05, 0) is 26.9 Å². The Balaban J connectivity index is 2.15. The molecule has 16 heavy (non-hydrogen) atoms. The van der Waals surface area contributed by atoms with E-state index in [0.717, 1.165) is 24.5 Å². The fourth-order valence-corrected chi connectivity index (χ4v) is 2.19. The van der Waals surface area contributed by atoms with Crippen LogP contribution in [0.25, 0.3) is 0 Å². The molecule has 1 rings (SSSR count). The molecule has 1 aromatic heterocycles. The lowest BCUT2D eigenvalue weighted by Gasteiger charge is -2.14. The van der Waals surface area contributed by atoms with E-state index in [1.54, 1.807) is 11.3 Å². The van der Waals surface area contributed by atoms with Crippen molar-refractivity contribution in [1.29, 1.82) is 0 Å². The van der Waals surface area contributed by atoms with Crippen LogP contribution in [-0.2, 0) is 11.2 Å². The second-order valence-corrected chi connectivity index (χ2v) is 5.23. The van der Waals surface area contributed by atoms with Crippen molar-refractivity contribution in [3.63, 3.8) is 0 Å². The fraction of sp³-hybridized carbons (Fsp3) is 0.636. The predicted molar refractivity (Wildman–Crippen MR) is 64.9 cm³/mol. The summed E-state index contributed by atoms with van der Waals surface area (Å²) in [5.74, 6) is -0.719. The summed E-state index contributed by atoms with van der Waals surface area (Å²) in [5.41, 5.74) is 0. The van der Waals surface area contributed by atoms with Crippen LogP contribution in [0.5, 0.6) is 0 Å². The van der Waals surface area contributed by atoms with Gasteiger partial charge in [0.2, 0.25) is 0 Å². The molecule has 0 spiro atoms. The van der Waals surface area contributed by atoms with Crippen molar-refractivity contribution in [2.24, 2.45) is 0 Å². The van der Waals surface area contributed by atoms with E-state index in [4.69, 9.17) is 5.11 Å². The van der Waals surface area contributed by atoms with E-state index in [-0.39, 0.29) is 6.42 Å². The lowest BCUT2D eigenvalue weighted by Crippen LogP contribution is -2.22. The molecule has 0 saturated carbocycles. The summed E-state index contributed by atoms with van der Waals surface area (Å²) in [7, 11) is 2.02. The van der Waals surface area contributed by atoms with Gasteiger partial charge >= 0.3 is 5.97 Å². The quantitative estimate of drug-likeness (QED) is 0.792. The Labute approximate surface area is 99.9 Å². The molecule has 4 nitrogen and oxygen atoms in total. The van der Waals surface area contributed by atoms with Crippen molar-refractivity contribution in [2.75, 3.05) is 20.1 Å². The number of likely N-dealkylation sites (N-methyl/N-ethyl adjacent to an activating group) is 1. The van der Waals surface area contributed by atoms with Crippen LogP contribution in [0, 0.1) is 6.92 Å². The molecular weight excluding hydrogens is 224 g/mol. The fourth-order valence-electron chi connectivity index (χ4n) is 1.42. The summed E-state index contributed by atoms with van der Waals surface area (Å²) in [6, 6.07) is 0. The van der Waals surface area contributed by atoms with Gasteiger partial charge in [0, 0.05) is 30.5 Å². The van der Waals surface area contributed by atoms with E-state index >= 15 is 0 Å². The first-order valence-corrected chi connectivity index (χ1v) is 6.21. The molecule has 0 aromatic carbocycles. The van der Waals surface area contributed by atoms with Crippen LogP contribution in [0.1, 0.15) is 22.7 Å². The number of nitrogens with zero attached hydrogens (tertiary/aromatic N) is 2. The Kier molecular flexibility index (Phi) is 5.42. The Morgan fingerprint density at radius 2 is 2.31 bits per heavy atom. The molecule has 0 atom stereocenters. The first-order valence-electron chi connectivity index (χ1n) is 5.39. The maximum Gasteiger partial charge on any atom is 0.303 e. The minimum absolute atomic E-state index is 0.251. The maximum atomic E-state index is 10.3. The number of carboxylic acids is 1. The van der Waals surface area contributed by atoms with Gasteiger partial charge in [0.1, 0.15) is 0 Å². The van der Waals surface area contributed by atoms with Gasteiger partial charge in [-0.25, -0.2) is 4.98 Å². The van der Waals surface area contributed by atoms with Gasteiger partial charge in [-0.2, -0.15) is 0 Å². The largest absolute Gasteiger partial charge is 0.481 e. The van der Waals surface area contributed by atoms with Crippen LogP contribution in [0.3, 0.4) is 0 Å². The number of hydrogen-bond acceptors (Lipinski definition) is 4. The van der Waals surface area contributed by atoms with E-state index in [0.29, 0.717) is 6.42 Å². The van der Waals surface area contributed by atoms with E-state index in [9.17, 15) is 4.79 Å². The third-order valence-corrected chi connectivity index (χ3v) is 3.28. The van der Waals surface area contributed by atoms with Crippen molar-refractivity contribution in [2.45, 2.75) is 26.2 Å². The average Bonchev–Trinajstić information content (AvgIpc) is 2.61. The molecule has 0 radical (unpaired) electrons. The molecule has 0 aliphatic carbocycles. The van der Waals surface area contributed by atoms with Crippen LogP contribution in [0.2, 0.25) is 0 Å². The van der Waals surface area contributed by atoms with Crippen LogP contribution < -0.4 is 0 Å². The van der Waals surface area contributed by atoms with Gasteiger partial charge in [-0.15, -0.1) is 11.3 Å². The molecule has 1 aromatic rings. The zero-order chi connectivity index (χ0) is 12.0. The minimum atomic E-state index is -0.719. The smallest absolute Gasteiger partial charge is 0.303 e. The monoisotopic (exact) mass is 242 g/mol. The minimum Gasteiger partial charge on any atom is -0.481 e. The summed E-state index contributed by atoms with van der Waals surface area (Å²) in [6.45, 7) is 3.82. The van der Waals surface area contributed by atoms with Crippen molar-refractivity contribution in [1.82, 2.24) is 9.88 Å². The molecule has 0 unspecified atom stereocenters. The number of carbonyl (C=O) groups is 1. The lowest BCUT2D eigenvalue weighted by molar-refractivity contribution is -0.137. The maximum absolute atomic E-state index is 10.3. The highest BCUT2D eigenvalue weighted by molar-refractivity contribution is 7.11. The molecule has 0 aliphatic rings. The van der Waals surface area contributed by atoms with Crippen LogP contribution in [0.15, 0.2) is 6.20 Å². The van der Waals surface area contributed by atoms with Gasteiger partial charge < -0.3 is 10.0 Å². The van der Waals surface area contributed by atoms with Gasteiger partial charge in [0.25, 0.3) is 0 Å². The van der Waals surface area contributed by atoms with Crippen molar-refractivity contribution < 1.29 is 9.90 Å². The highest BCUT2D eigenvalue weighted by Gasteiger charge is 2.03. The number of aromatic nitrogens is 1. The number of aryl methyl sites for hydroxylation is 1. The van der Waals surface area contributed by atoms with Gasteiger partial charge in [0.15, 0.2) is 0 Å². The zero-order valence-electron chi connectivity index (χ0n) is 9.77. The molecule has 0 saturated heterocycles. The van der Waals surface area contributed by atoms with Crippen molar-refractivity contribution >= 4 is 17.3 Å². The number of thiazole rings is 1. The summed E-state index contributed by atoms with van der Waals surface area (Å²) < 4.78 is 0. The number of carboxylic acid groups (broad SMARTS) is 1. The third-order valence-electron chi connectivity index (χ3n) is 2.31. The topological polar surface area (TPSA) is 53.4 Å². The first-order chi connectivity index (χ1) is 7.58. The predicted octanol–water partition coefficient (Wildman–Crippen LogP) is 1.79. The molecular formula is C11H18N2O2S. The number of aliphatic carboxylic acids is 1. The SMILES string of the molecule is Cc1cnc(CCN(C)CCCC(=O)O)s1. The van der Waals surface area contributed by atoms with Crippen LogP contribution >= 0.6 is 11.3 Å². The zero-order valence-corrected chi connectivity index (χ0v) is 10.6. The van der Waals surface area contributed by atoms with Gasteiger partial charge in [-0.1, -0.05) is 0 Å². The van der Waals surface area contributed by atoms with Crippen LogP contribution in [0.4, 0.5) is 0 Å². The molecule has 1 N–H and O–H groups in total. The lowest BCUT2D eigenvalue weighted by atomic mass is 10.3. The summed E-state index contributed by atoms with van der Waals surface area (Å²) in [5, 5.41) is 9.67.